The van der Waals surface area contributed by atoms with Gasteiger partial charge in [-0.2, -0.15) is 0 Å². The first-order chi connectivity index (χ1) is 6.16. The van der Waals surface area contributed by atoms with Gasteiger partial charge in [-0.05, 0) is 18.6 Å². The maximum atomic E-state index is 13.2. The molecule has 13 heavy (non-hydrogen) atoms. The predicted octanol–water partition coefficient (Wildman–Crippen LogP) is 1.98. The highest BCUT2D eigenvalue weighted by Crippen LogP contribution is 2.24. The van der Waals surface area contributed by atoms with Crippen molar-refractivity contribution in [1.29, 1.82) is 0 Å². The summed E-state index contributed by atoms with van der Waals surface area (Å²) in [5.74, 6) is -0.352. The molecule has 0 aromatic heterocycles. The Kier molecular flexibility index (Phi) is 3.03. The Hall–Kier alpha value is -1.35. The molecule has 2 nitrogen and oxygen atoms in total. The number of rotatable bonds is 3. The lowest BCUT2D eigenvalue weighted by Crippen LogP contribution is -2.13. The van der Waals surface area contributed by atoms with Gasteiger partial charge in [0.05, 0.1) is 0 Å². The zero-order valence-corrected chi connectivity index (χ0v) is 7.33. The Labute approximate surface area is 77.0 Å². The van der Waals surface area contributed by atoms with E-state index in [1.807, 2.05) is 0 Å². The molecule has 70 valence electrons. The number of nitrogen functional groups attached to an aromatic ring is 1. The van der Waals surface area contributed by atoms with E-state index in [0.717, 1.165) is 0 Å². The molecule has 0 unspecified atom stereocenters. The maximum absolute atomic E-state index is 13.2. The highest BCUT2D eigenvalue weighted by Gasteiger charge is 2.12. The molecule has 0 bridgehead atoms. The fraction of sp³-hybridized carbons (Fsp3) is 0.200. The van der Waals surface area contributed by atoms with Crippen molar-refractivity contribution in [1.82, 2.24) is 0 Å². The molecule has 1 aromatic rings. The molecule has 0 saturated carbocycles. The van der Waals surface area contributed by atoms with Crippen LogP contribution in [0.25, 0.3) is 0 Å². The second-order valence-electron chi connectivity index (χ2n) is 2.87. The third-order valence-corrected chi connectivity index (χ3v) is 1.88. The van der Waals surface area contributed by atoms with Crippen molar-refractivity contribution in [2.45, 2.75) is 12.5 Å². The van der Waals surface area contributed by atoms with Crippen molar-refractivity contribution in [3.8, 4) is 0 Å². The van der Waals surface area contributed by atoms with Crippen LogP contribution in [0.4, 0.5) is 10.1 Å². The lowest BCUT2D eigenvalue weighted by Gasteiger charge is -2.12. The Morgan fingerprint density at radius 1 is 1.54 bits per heavy atom. The molecule has 0 amide bonds. The quantitative estimate of drug-likeness (QED) is 0.552. The zero-order valence-electron chi connectivity index (χ0n) is 7.33. The molecule has 1 aromatic carbocycles. The van der Waals surface area contributed by atoms with Crippen LogP contribution in [0, 0.1) is 5.82 Å². The second kappa shape index (κ2) is 4.05. The summed E-state index contributed by atoms with van der Waals surface area (Å²) in [7, 11) is 0. The molecule has 0 aliphatic heterocycles. The number of hydrogen-bond donors (Lipinski definition) is 2. The first-order valence-corrected chi connectivity index (χ1v) is 4.07. The summed E-state index contributed by atoms with van der Waals surface area (Å²) < 4.78 is 13.2. The lowest BCUT2D eigenvalue weighted by atomic mass is 10.0. The highest BCUT2D eigenvalue weighted by atomic mass is 19.1. The Morgan fingerprint density at radius 2 is 2.23 bits per heavy atom. The first-order valence-electron chi connectivity index (χ1n) is 4.07. The average Bonchev–Trinajstić information content (AvgIpc) is 2.04. The second-order valence-corrected chi connectivity index (χ2v) is 2.87. The van der Waals surface area contributed by atoms with Crippen molar-refractivity contribution < 1.29 is 4.39 Å². The number of anilines is 1. The van der Waals surface area contributed by atoms with E-state index in [1.54, 1.807) is 18.2 Å². The molecule has 3 heteroatoms. The maximum Gasteiger partial charge on any atom is 0.130 e. The van der Waals surface area contributed by atoms with Crippen molar-refractivity contribution >= 4 is 5.69 Å². The van der Waals surface area contributed by atoms with Crippen LogP contribution in [0.1, 0.15) is 18.0 Å². The molecule has 4 N–H and O–H groups in total. The van der Waals surface area contributed by atoms with E-state index in [9.17, 15) is 4.39 Å². The van der Waals surface area contributed by atoms with E-state index in [1.165, 1.54) is 6.07 Å². The summed E-state index contributed by atoms with van der Waals surface area (Å²) in [6.07, 6.45) is 2.17. The van der Waals surface area contributed by atoms with Crippen LogP contribution in [-0.4, -0.2) is 0 Å². The van der Waals surface area contributed by atoms with Gasteiger partial charge in [-0.3, -0.25) is 0 Å². The largest absolute Gasteiger partial charge is 0.398 e. The van der Waals surface area contributed by atoms with Gasteiger partial charge < -0.3 is 11.5 Å². The third kappa shape index (κ3) is 2.06. The molecule has 0 spiro atoms. The lowest BCUT2D eigenvalue weighted by molar-refractivity contribution is 0.585. The van der Waals surface area contributed by atoms with Crippen molar-refractivity contribution in [2.75, 3.05) is 5.73 Å². The van der Waals surface area contributed by atoms with E-state index in [4.69, 9.17) is 11.5 Å². The van der Waals surface area contributed by atoms with Gasteiger partial charge in [0.25, 0.3) is 0 Å². The molecule has 0 radical (unpaired) electrons. The molecule has 0 aliphatic rings. The van der Waals surface area contributed by atoms with Crippen LogP contribution in [0.5, 0.6) is 0 Å². The molecular weight excluding hydrogens is 167 g/mol. The number of nitrogens with two attached hydrogens (primary N) is 2. The summed E-state index contributed by atoms with van der Waals surface area (Å²) in [4.78, 5) is 0. The average molecular weight is 180 g/mol. The van der Waals surface area contributed by atoms with Gasteiger partial charge in [0.15, 0.2) is 0 Å². The third-order valence-electron chi connectivity index (χ3n) is 1.88. The van der Waals surface area contributed by atoms with E-state index >= 15 is 0 Å². The number of halogens is 1. The van der Waals surface area contributed by atoms with Gasteiger partial charge >= 0.3 is 0 Å². The first kappa shape index (κ1) is 9.74. The van der Waals surface area contributed by atoms with Crippen molar-refractivity contribution in [3.63, 3.8) is 0 Å². The minimum atomic E-state index is -0.404. The molecule has 0 heterocycles. The van der Waals surface area contributed by atoms with E-state index < -0.39 is 6.04 Å². The van der Waals surface area contributed by atoms with Gasteiger partial charge in [-0.15, -0.1) is 6.58 Å². The van der Waals surface area contributed by atoms with E-state index in [0.29, 0.717) is 17.7 Å². The smallest absolute Gasteiger partial charge is 0.130 e. The van der Waals surface area contributed by atoms with Crippen LogP contribution in [0.2, 0.25) is 0 Å². The van der Waals surface area contributed by atoms with Crippen LogP contribution in [-0.2, 0) is 0 Å². The standard InChI is InChI=1S/C10H13FN2/c1-2-4-8(12)10-7(11)5-3-6-9(10)13/h2-3,5-6,8H,1,4,12-13H2/t8-/m0/s1. The SMILES string of the molecule is C=CC[C@H](N)c1c(N)cccc1F. The number of hydrogen-bond acceptors (Lipinski definition) is 2. The highest BCUT2D eigenvalue weighted by molar-refractivity contribution is 5.49. The fourth-order valence-electron chi connectivity index (χ4n) is 1.24. The van der Waals surface area contributed by atoms with E-state index in [2.05, 4.69) is 6.58 Å². The molecule has 1 rings (SSSR count). The molecular formula is C10H13FN2. The Balaban J connectivity index is 3.04. The fourth-order valence-corrected chi connectivity index (χ4v) is 1.24. The van der Waals surface area contributed by atoms with Gasteiger partial charge in [-0.1, -0.05) is 12.1 Å². The van der Waals surface area contributed by atoms with Gasteiger partial charge in [0, 0.05) is 17.3 Å². The summed E-state index contributed by atoms with van der Waals surface area (Å²) >= 11 is 0. The monoisotopic (exact) mass is 180 g/mol. The molecule has 0 fully saturated rings. The van der Waals surface area contributed by atoms with Crippen LogP contribution >= 0.6 is 0 Å². The van der Waals surface area contributed by atoms with Gasteiger partial charge in [0.2, 0.25) is 0 Å². The normalized spacial score (nSPS) is 12.5. The van der Waals surface area contributed by atoms with Crippen LogP contribution in [0.3, 0.4) is 0 Å². The molecule has 1 atom stereocenters. The van der Waals surface area contributed by atoms with Crippen molar-refractivity contribution in [2.24, 2.45) is 5.73 Å². The summed E-state index contributed by atoms with van der Waals surface area (Å²) in [6.45, 7) is 3.54. The summed E-state index contributed by atoms with van der Waals surface area (Å²) in [6, 6.07) is 4.16. The topological polar surface area (TPSA) is 52.0 Å². The zero-order chi connectivity index (χ0) is 9.84. The van der Waals surface area contributed by atoms with Crippen LogP contribution < -0.4 is 11.5 Å². The number of benzene rings is 1. The minimum absolute atomic E-state index is 0.352. The Bertz CT molecular complexity index is 290. The van der Waals surface area contributed by atoms with Crippen molar-refractivity contribution in [3.05, 3.63) is 42.2 Å². The van der Waals surface area contributed by atoms with E-state index in [-0.39, 0.29) is 5.82 Å². The molecule has 0 saturated heterocycles. The molecule has 0 aliphatic carbocycles. The summed E-state index contributed by atoms with van der Waals surface area (Å²) in [5.41, 5.74) is 12.1. The van der Waals surface area contributed by atoms with Crippen LogP contribution in [0.15, 0.2) is 30.9 Å². The van der Waals surface area contributed by atoms with Gasteiger partial charge in [-0.25, -0.2) is 4.39 Å². The predicted molar refractivity (Wildman–Crippen MR) is 52.6 cm³/mol. The summed E-state index contributed by atoms with van der Waals surface area (Å²) in [5, 5.41) is 0. The van der Waals surface area contributed by atoms with Gasteiger partial charge in [0.1, 0.15) is 5.82 Å². The minimum Gasteiger partial charge on any atom is -0.398 e. The Morgan fingerprint density at radius 3 is 2.77 bits per heavy atom.